The fraction of sp³-hybridized carbons (Fsp3) is 0.391. The standard InChI is InChI=1S/C23H28N2O3/c1-17-10-6-9-15-21(17)28-16-22(26)24-20-14-8-7-13-19(20)23(27)25(2)18-11-4-3-5-12-18/h6-10,13-15,18H,3-5,11-12,16H2,1-2H3,(H,24,26). The number of benzene rings is 2. The van der Waals surface area contributed by atoms with Crippen LogP contribution in [0.25, 0.3) is 0 Å². The molecule has 3 rings (SSSR count). The molecule has 1 aliphatic rings. The van der Waals surface area contributed by atoms with Crippen LogP contribution in [0.4, 0.5) is 5.69 Å². The lowest BCUT2D eigenvalue weighted by Crippen LogP contribution is -2.38. The molecule has 0 saturated heterocycles. The number of anilines is 1. The van der Waals surface area contributed by atoms with Crippen molar-refractivity contribution < 1.29 is 14.3 Å². The molecule has 0 unspecified atom stereocenters. The van der Waals surface area contributed by atoms with Gasteiger partial charge >= 0.3 is 0 Å². The van der Waals surface area contributed by atoms with Gasteiger partial charge < -0.3 is 15.0 Å². The van der Waals surface area contributed by atoms with E-state index in [1.807, 2.05) is 55.3 Å². The Balaban J connectivity index is 1.65. The van der Waals surface area contributed by atoms with Crippen LogP contribution in [0.3, 0.4) is 0 Å². The maximum Gasteiger partial charge on any atom is 0.262 e. The van der Waals surface area contributed by atoms with E-state index in [9.17, 15) is 9.59 Å². The summed E-state index contributed by atoms with van der Waals surface area (Å²) in [5.74, 6) is 0.338. The normalized spacial score (nSPS) is 14.4. The first-order valence-corrected chi connectivity index (χ1v) is 9.90. The first-order valence-electron chi connectivity index (χ1n) is 9.90. The van der Waals surface area contributed by atoms with E-state index in [2.05, 4.69) is 5.32 Å². The fourth-order valence-electron chi connectivity index (χ4n) is 3.65. The second-order valence-electron chi connectivity index (χ2n) is 7.36. The van der Waals surface area contributed by atoms with Gasteiger partial charge in [0.1, 0.15) is 5.75 Å². The Morgan fingerprint density at radius 1 is 1.04 bits per heavy atom. The summed E-state index contributed by atoms with van der Waals surface area (Å²) < 4.78 is 5.61. The lowest BCUT2D eigenvalue weighted by molar-refractivity contribution is -0.118. The number of para-hydroxylation sites is 2. The number of hydrogen-bond donors (Lipinski definition) is 1. The van der Waals surface area contributed by atoms with Gasteiger partial charge in [0.05, 0.1) is 11.3 Å². The Morgan fingerprint density at radius 2 is 1.71 bits per heavy atom. The van der Waals surface area contributed by atoms with Crippen LogP contribution in [0.5, 0.6) is 5.75 Å². The Hall–Kier alpha value is -2.82. The molecule has 2 aromatic rings. The summed E-state index contributed by atoms with van der Waals surface area (Å²) in [5.41, 5.74) is 2.01. The molecule has 0 bridgehead atoms. The molecule has 1 N–H and O–H groups in total. The molecule has 0 aromatic heterocycles. The van der Waals surface area contributed by atoms with Gasteiger partial charge in [-0.3, -0.25) is 9.59 Å². The molecule has 28 heavy (non-hydrogen) atoms. The van der Waals surface area contributed by atoms with Gasteiger partial charge in [0.2, 0.25) is 0 Å². The third-order valence-electron chi connectivity index (χ3n) is 5.33. The van der Waals surface area contributed by atoms with Gasteiger partial charge in [-0.15, -0.1) is 0 Å². The van der Waals surface area contributed by atoms with Crippen LogP contribution >= 0.6 is 0 Å². The average Bonchev–Trinajstić information content (AvgIpc) is 2.73. The van der Waals surface area contributed by atoms with Crippen molar-refractivity contribution in [3.05, 3.63) is 59.7 Å². The minimum Gasteiger partial charge on any atom is -0.483 e. The van der Waals surface area contributed by atoms with Crippen LogP contribution in [0.15, 0.2) is 48.5 Å². The number of ether oxygens (including phenoxy) is 1. The maximum atomic E-state index is 13.0. The second kappa shape index (κ2) is 9.40. The van der Waals surface area contributed by atoms with Gasteiger partial charge in [-0.2, -0.15) is 0 Å². The SMILES string of the molecule is Cc1ccccc1OCC(=O)Nc1ccccc1C(=O)N(C)C1CCCCC1. The third-order valence-corrected chi connectivity index (χ3v) is 5.33. The summed E-state index contributed by atoms with van der Waals surface area (Å²) in [6.45, 7) is 1.83. The van der Waals surface area contributed by atoms with Crippen molar-refractivity contribution in [3.8, 4) is 5.75 Å². The van der Waals surface area contributed by atoms with Crippen LogP contribution in [-0.4, -0.2) is 36.4 Å². The van der Waals surface area contributed by atoms with E-state index in [0.717, 1.165) is 31.2 Å². The summed E-state index contributed by atoms with van der Waals surface area (Å²) in [5, 5.41) is 2.83. The zero-order valence-corrected chi connectivity index (χ0v) is 16.6. The summed E-state index contributed by atoms with van der Waals surface area (Å²) in [6, 6.07) is 15.0. The van der Waals surface area contributed by atoms with E-state index in [4.69, 9.17) is 4.74 Å². The molecule has 5 nitrogen and oxygen atoms in total. The lowest BCUT2D eigenvalue weighted by atomic mass is 9.94. The van der Waals surface area contributed by atoms with Gasteiger partial charge in [0.15, 0.2) is 6.61 Å². The predicted molar refractivity (Wildman–Crippen MR) is 111 cm³/mol. The highest BCUT2D eigenvalue weighted by Gasteiger charge is 2.24. The summed E-state index contributed by atoms with van der Waals surface area (Å²) >= 11 is 0. The zero-order valence-electron chi connectivity index (χ0n) is 16.6. The van der Waals surface area contributed by atoms with Crippen LogP contribution < -0.4 is 10.1 Å². The number of rotatable bonds is 6. The predicted octanol–water partition coefficient (Wildman–Crippen LogP) is 4.42. The number of aryl methyl sites for hydroxylation is 1. The van der Waals surface area contributed by atoms with Gasteiger partial charge in [0.25, 0.3) is 11.8 Å². The van der Waals surface area contributed by atoms with Gasteiger partial charge in [-0.05, 0) is 43.5 Å². The summed E-state index contributed by atoms with van der Waals surface area (Å²) in [4.78, 5) is 27.2. The van der Waals surface area contributed by atoms with Crippen molar-refractivity contribution in [2.75, 3.05) is 19.0 Å². The molecule has 2 amide bonds. The first-order chi connectivity index (χ1) is 13.6. The lowest BCUT2D eigenvalue weighted by Gasteiger charge is -2.31. The molecular formula is C23H28N2O3. The minimum absolute atomic E-state index is 0.0531. The van der Waals surface area contributed by atoms with Crippen LogP contribution in [0.1, 0.15) is 48.0 Å². The summed E-state index contributed by atoms with van der Waals surface area (Å²) in [6.07, 6.45) is 5.65. The molecule has 1 fully saturated rings. The first kappa shape index (κ1) is 19.9. The van der Waals surface area contributed by atoms with Gasteiger partial charge in [-0.25, -0.2) is 0 Å². The van der Waals surface area contributed by atoms with Crippen LogP contribution in [0.2, 0.25) is 0 Å². The number of carbonyl (C=O) groups is 2. The summed E-state index contributed by atoms with van der Waals surface area (Å²) in [7, 11) is 1.86. The van der Waals surface area contributed by atoms with Crippen LogP contribution in [-0.2, 0) is 4.79 Å². The van der Waals surface area contributed by atoms with E-state index in [-0.39, 0.29) is 24.5 Å². The van der Waals surface area contributed by atoms with Gasteiger partial charge in [0, 0.05) is 13.1 Å². The molecule has 1 saturated carbocycles. The molecule has 2 aromatic carbocycles. The van der Waals surface area contributed by atoms with Crippen LogP contribution in [0, 0.1) is 6.92 Å². The minimum atomic E-state index is -0.288. The quantitative estimate of drug-likeness (QED) is 0.807. The largest absolute Gasteiger partial charge is 0.483 e. The molecule has 0 radical (unpaired) electrons. The number of nitrogens with zero attached hydrogens (tertiary/aromatic N) is 1. The third kappa shape index (κ3) is 4.91. The van der Waals surface area contributed by atoms with E-state index in [1.54, 1.807) is 12.1 Å². The highest BCUT2D eigenvalue weighted by atomic mass is 16.5. The van der Waals surface area contributed by atoms with Crippen molar-refractivity contribution >= 4 is 17.5 Å². The van der Waals surface area contributed by atoms with E-state index < -0.39 is 0 Å². The fourth-order valence-corrected chi connectivity index (χ4v) is 3.65. The van der Waals surface area contributed by atoms with Crippen molar-refractivity contribution in [1.82, 2.24) is 4.90 Å². The van der Waals surface area contributed by atoms with Crippen molar-refractivity contribution in [1.29, 1.82) is 0 Å². The van der Waals surface area contributed by atoms with E-state index in [1.165, 1.54) is 6.42 Å². The topological polar surface area (TPSA) is 58.6 Å². The Bertz CT molecular complexity index is 828. The van der Waals surface area contributed by atoms with E-state index >= 15 is 0 Å². The highest BCUT2D eigenvalue weighted by molar-refractivity contribution is 6.04. The zero-order chi connectivity index (χ0) is 19.9. The smallest absolute Gasteiger partial charge is 0.262 e. The molecule has 0 spiro atoms. The molecular weight excluding hydrogens is 352 g/mol. The molecule has 5 heteroatoms. The van der Waals surface area contributed by atoms with Crippen molar-refractivity contribution in [2.45, 2.75) is 45.1 Å². The average molecular weight is 380 g/mol. The highest BCUT2D eigenvalue weighted by Crippen LogP contribution is 2.25. The molecule has 0 atom stereocenters. The molecule has 148 valence electrons. The monoisotopic (exact) mass is 380 g/mol. The Morgan fingerprint density at radius 3 is 2.46 bits per heavy atom. The number of nitrogens with one attached hydrogen (secondary N) is 1. The molecule has 1 aliphatic carbocycles. The molecule has 0 heterocycles. The van der Waals surface area contributed by atoms with Crippen molar-refractivity contribution in [2.24, 2.45) is 0 Å². The molecule has 0 aliphatic heterocycles. The number of amides is 2. The second-order valence-corrected chi connectivity index (χ2v) is 7.36. The number of carbonyl (C=O) groups excluding carboxylic acids is 2. The Kier molecular flexibility index (Phi) is 6.69. The van der Waals surface area contributed by atoms with Gasteiger partial charge in [-0.1, -0.05) is 49.6 Å². The van der Waals surface area contributed by atoms with Crippen molar-refractivity contribution in [3.63, 3.8) is 0 Å². The maximum absolute atomic E-state index is 13.0. The van der Waals surface area contributed by atoms with E-state index in [0.29, 0.717) is 17.0 Å². The Labute approximate surface area is 166 Å². The number of hydrogen-bond acceptors (Lipinski definition) is 3.